The van der Waals surface area contributed by atoms with E-state index in [-0.39, 0.29) is 23.3 Å². The van der Waals surface area contributed by atoms with Crippen molar-refractivity contribution in [3.63, 3.8) is 0 Å². The molecule has 1 spiro atoms. The highest BCUT2D eigenvalue weighted by Crippen LogP contribution is 2.62. The van der Waals surface area contributed by atoms with Gasteiger partial charge in [0.05, 0.1) is 30.3 Å². The molecule has 0 bridgehead atoms. The van der Waals surface area contributed by atoms with Gasteiger partial charge >= 0.3 is 5.97 Å². The summed E-state index contributed by atoms with van der Waals surface area (Å²) in [6.07, 6.45) is 2.34. The summed E-state index contributed by atoms with van der Waals surface area (Å²) in [6, 6.07) is 19.4. The standard InChI is InChI=1S/C30H36N2O4/c1-5-29(19-35-28(2,3)36-29)23-17-21(27(33)34-4)25-30(22-13-9-10-14-24(22)31-25)15-16-32(26(23)30)18-20-11-7-6-8-12-20/h6-14,23,26,31H,5,15-19H2,1-4H3/t23-,26-,29-,30-/m1/s1. The molecule has 0 radical (unpaired) electrons. The molecule has 6 rings (SSSR count). The SMILES string of the molecule is CC[C@]1([C@@H]2CC(C(=O)OC)=C3Nc4ccccc4[C@]34CCN(Cc3ccccc3)[C@H]24)COC(C)(C)O1. The van der Waals surface area contributed by atoms with Crippen molar-refractivity contribution >= 4 is 11.7 Å². The Hall–Kier alpha value is -2.67. The van der Waals surface area contributed by atoms with Crippen LogP contribution in [0.1, 0.15) is 51.2 Å². The van der Waals surface area contributed by atoms with E-state index in [2.05, 4.69) is 71.7 Å². The highest BCUT2D eigenvalue weighted by Gasteiger charge is 2.66. The van der Waals surface area contributed by atoms with Crippen LogP contribution < -0.4 is 5.32 Å². The Labute approximate surface area is 213 Å². The summed E-state index contributed by atoms with van der Waals surface area (Å²) in [5.74, 6) is -0.854. The molecule has 3 heterocycles. The maximum atomic E-state index is 13.3. The van der Waals surface area contributed by atoms with Gasteiger partial charge in [0.1, 0.15) is 0 Å². The lowest BCUT2D eigenvalue weighted by Gasteiger charge is -2.51. The largest absolute Gasteiger partial charge is 0.466 e. The van der Waals surface area contributed by atoms with Crippen LogP contribution >= 0.6 is 0 Å². The molecule has 190 valence electrons. The van der Waals surface area contributed by atoms with Crippen molar-refractivity contribution in [1.82, 2.24) is 4.90 Å². The molecule has 0 unspecified atom stereocenters. The van der Waals surface area contributed by atoms with Crippen LogP contribution in [0.15, 0.2) is 65.9 Å². The predicted octanol–water partition coefficient (Wildman–Crippen LogP) is 5.00. The summed E-state index contributed by atoms with van der Waals surface area (Å²) in [5.41, 5.74) is 4.62. The average molecular weight is 489 g/mol. The van der Waals surface area contributed by atoms with Gasteiger partial charge in [0.15, 0.2) is 5.79 Å². The minimum atomic E-state index is -0.659. The number of para-hydroxylation sites is 1. The molecular formula is C30H36N2O4. The Morgan fingerprint density at radius 1 is 1.14 bits per heavy atom. The summed E-state index contributed by atoms with van der Waals surface area (Å²) in [4.78, 5) is 15.9. The fraction of sp³-hybridized carbons (Fsp3) is 0.500. The van der Waals surface area contributed by atoms with Gasteiger partial charge in [0.2, 0.25) is 0 Å². The monoisotopic (exact) mass is 488 g/mol. The maximum absolute atomic E-state index is 13.3. The first kappa shape index (κ1) is 23.7. The lowest BCUT2D eigenvalue weighted by atomic mass is 9.59. The van der Waals surface area contributed by atoms with E-state index in [0.29, 0.717) is 13.0 Å². The zero-order valence-electron chi connectivity index (χ0n) is 21.7. The minimum absolute atomic E-state index is 0.0568. The number of methoxy groups -OCH3 is 1. The molecule has 2 saturated heterocycles. The first-order chi connectivity index (χ1) is 17.3. The molecule has 2 fully saturated rings. The first-order valence-electron chi connectivity index (χ1n) is 13.1. The summed E-state index contributed by atoms with van der Waals surface area (Å²) in [5, 5.41) is 3.69. The zero-order valence-corrected chi connectivity index (χ0v) is 21.7. The van der Waals surface area contributed by atoms with Crippen LogP contribution in [0.25, 0.3) is 0 Å². The molecule has 2 aromatic rings. The molecule has 0 aromatic heterocycles. The Balaban J connectivity index is 1.55. The summed E-state index contributed by atoms with van der Waals surface area (Å²) < 4.78 is 18.4. The number of nitrogens with one attached hydrogen (secondary N) is 1. The smallest absolute Gasteiger partial charge is 0.335 e. The van der Waals surface area contributed by atoms with E-state index in [1.165, 1.54) is 18.2 Å². The quantitative estimate of drug-likeness (QED) is 0.598. The molecule has 0 saturated carbocycles. The van der Waals surface area contributed by atoms with E-state index >= 15 is 0 Å². The predicted molar refractivity (Wildman–Crippen MR) is 138 cm³/mol. The van der Waals surface area contributed by atoms with E-state index in [1.807, 2.05) is 13.8 Å². The minimum Gasteiger partial charge on any atom is -0.466 e. The van der Waals surface area contributed by atoms with E-state index < -0.39 is 11.4 Å². The van der Waals surface area contributed by atoms with Crippen LogP contribution in [-0.2, 0) is 31.0 Å². The molecule has 1 N–H and O–H groups in total. The number of benzene rings is 2. The zero-order chi connectivity index (χ0) is 25.1. The number of likely N-dealkylation sites (tertiary alicyclic amines) is 1. The number of carbonyl (C=O) groups is 1. The molecule has 3 aliphatic heterocycles. The number of hydrogen-bond acceptors (Lipinski definition) is 6. The number of ether oxygens (including phenoxy) is 3. The van der Waals surface area contributed by atoms with Crippen molar-refractivity contribution in [3.8, 4) is 0 Å². The second-order valence-corrected chi connectivity index (χ2v) is 11.2. The molecule has 1 aliphatic carbocycles. The van der Waals surface area contributed by atoms with Crippen LogP contribution in [0.3, 0.4) is 0 Å². The summed E-state index contributed by atoms with van der Waals surface area (Å²) >= 11 is 0. The van der Waals surface area contributed by atoms with Gasteiger partial charge in [-0.2, -0.15) is 0 Å². The molecule has 4 atom stereocenters. The van der Waals surface area contributed by atoms with Gasteiger partial charge in [0.25, 0.3) is 0 Å². The highest BCUT2D eigenvalue weighted by atomic mass is 16.8. The number of esters is 1. The van der Waals surface area contributed by atoms with Crippen LogP contribution in [-0.4, -0.2) is 48.6 Å². The third kappa shape index (κ3) is 3.38. The topological polar surface area (TPSA) is 60.0 Å². The van der Waals surface area contributed by atoms with Crippen molar-refractivity contribution < 1.29 is 19.0 Å². The number of hydrogen-bond donors (Lipinski definition) is 1. The van der Waals surface area contributed by atoms with E-state index in [1.54, 1.807) is 0 Å². The second-order valence-electron chi connectivity index (χ2n) is 11.2. The van der Waals surface area contributed by atoms with Crippen LogP contribution in [0, 0.1) is 5.92 Å². The normalized spacial score (nSPS) is 32.6. The van der Waals surface area contributed by atoms with Gasteiger partial charge in [-0.05, 0) is 50.3 Å². The molecule has 2 aromatic carbocycles. The number of carbonyl (C=O) groups excluding carboxylic acids is 1. The van der Waals surface area contributed by atoms with Crippen molar-refractivity contribution in [2.45, 2.75) is 69.4 Å². The van der Waals surface area contributed by atoms with E-state index in [9.17, 15) is 4.79 Å². The van der Waals surface area contributed by atoms with Gasteiger partial charge in [-0.15, -0.1) is 0 Å². The highest BCUT2D eigenvalue weighted by molar-refractivity contribution is 5.93. The number of nitrogens with zero attached hydrogens (tertiary/aromatic N) is 1. The van der Waals surface area contributed by atoms with Crippen molar-refractivity contribution in [1.29, 1.82) is 0 Å². The van der Waals surface area contributed by atoms with Crippen LogP contribution in [0.5, 0.6) is 0 Å². The summed E-state index contributed by atoms with van der Waals surface area (Å²) in [6.45, 7) is 8.49. The molecular weight excluding hydrogens is 452 g/mol. The second kappa shape index (κ2) is 8.44. The third-order valence-electron chi connectivity index (χ3n) is 8.96. The van der Waals surface area contributed by atoms with Crippen molar-refractivity contribution in [3.05, 3.63) is 77.0 Å². The molecule has 0 amide bonds. The summed E-state index contributed by atoms with van der Waals surface area (Å²) in [7, 11) is 1.48. The van der Waals surface area contributed by atoms with Gasteiger partial charge in [-0.1, -0.05) is 55.5 Å². The van der Waals surface area contributed by atoms with Gasteiger partial charge < -0.3 is 19.5 Å². The van der Waals surface area contributed by atoms with Gasteiger partial charge in [-0.3, -0.25) is 4.90 Å². The average Bonchev–Trinajstić information content (AvgIpc) is 3.54. The van der Waals surface area contributed by atoms with E-state index in [4.69, 9.17) is 14.2 Å². The van der Waals surface area contributed by atoms with Crippen molar-refractivity contribution in [2.24, 2.45) is 5.92 Å². The fourth-order valence-electron chi connectivity index (χ4n) is 7.46. The Bertz CT molecular complexity index is 1210. The lowest BCUT2D eigenvalue weighted by molar-refractivity contribution is -0.182. The molecule has 4 aliphatic rings. The number of rotatable bonds is 5. The first-order valence-corrected chi connectivity index (χ1v) is 13.1. The Morgan fingerprint density at radius 2 is 1.89 bits per heavy atom. The van der Waals surface area contributed by atoms with Crippen LogP contribution in [0.4, 0.5) is 5.69 Å². The number of anilines is 1. The maximum Gasteiger partial charge on any atom is 0.335 e. The molecule has 36 heavy (non-hydrogen) atoms. The molecule has 6 heteroatoms. The van der Waals surface area contributed by atoms with Gasteiger partial charge in [0, 0.05) is 36.4 Å². The number of fused-ring (bicyclic) bond motifs is 1. The third-order valence-corrected chi connectivity index (χ3v) is 8.96. The Morgan fingerprint density at radius 3 is 2.58 bits per heavy atom. The fourth-order valence-corrected chi connectivity index (χ4v) is 7.46. The molecule has 6 nitrogen and oxygen atoms in total. The lowest BCUT2D eigenvalue weighted by Crippen LogP contribution is -2.59. The van der Waals surface area contributed by atoms with Gasteiger partial charge in [-0.25, -0.2) is 4.79 Å². The van der Waals surface area contributed by atoms with Crippen molar-refractivity contribution in [2.75, 3.05) is 25.6 Å². The van der Waals surface area contributed by atoms with E-state index in [0.717, 1.165) is 42.9 Å². The van der Waals surface area contributed by atoms with Crippen LogP contribution in [0.2, 0.25) is 0 Å². The Kier molecular flexibility index (Phi) is 5.56.